The van der Waals surface area contributed by atoms with Crippen LogP contribution in [-0.2, 0) is 4.79 Å². The Morgan fingerprint density at radius 3 is 3.06 bits per heavy atom. The molecule has 16 heavy (non-hydrogen) atoms. The zero-order valence-corrected chi connectivity index (χ0v) is 10.0. The molecule has 1 aliphatic heterocycles. The summed E-state index contributed by atoms with van der Waals surface area (Å²) in [7, 11) is 0. The Morgan fingerprint density at radius 1 is 1.50 bits per heavy atom. The molecule has 1 fully saturated rings. The molecule has 1 heterocycles. The summed E-state index contributed by atoms with van der Waals surface area (Å²) in [5.74, 6) is 0.732. The van der Waals surface area contributed by atoms with Crippen molar-refractivity contribution in [2.45, 2.75) is 26.2 Å². The van der Waals surface area contributed by atoms with Crippen LogP contribution in [0.15, 0.2) is 24.3 Å². The number of allylic oxidation sites excluding steroid dienone is 3. The number of hydrogen-bond acceptors (Lipinski definition) is 2. The Balaban J connectivity index is 2.07. The van der Waals surface area contributed by atoms with Crippen molar-refractivity contribution in [3.05, 3.63) is 24.3 Å². The van der Waals surface area contributed by atoms with Crippen LogP contribution in [0.25, 0.3) is 0 Å². The van der Waals surface area contributed by atoms with E-state index in [9.17, 15) is 4.79 Å². The van der Waals surface area contributed by atoms with E-state index in [0.29, 0.717) is 0 Å². The third-order valence-electron chi connectivity index (χ3n) is 2.80. The highest BCUT2D eigenvalue weighted by Crippen LogP contribution is 2.12. The summed E-state index contributed by atoms with van der Waals surface area (Å²) in [6.07, 6.45) is 10.7. The first-order chi connectivity index (χ1) is 7.83. The molecule has 90 valence electrons. The van der Waals surface area contributed by atoms with E-state index in [2.05, 4.69) is 10.6 Å². The summed E-state index contributed by atoms with van der Waals surface area (Å²) in [4.78, 5) is 11.3. The Kier molecular flexibility index (Phi) is 6.58. The first-order valence-electron chi connectivity index (χ1n) is 6.11. The van der Waals surface area contributed by atoms with Crippen molar-refractivity contribution in [1.82, 2.24) is 10.6 Å². The van der Waals surface area contributed by atoms with Crippen molar-refractivity contribution >= 4 is 5.91 Å². The van der Waals surface area contributed by atoms with Crippen LogP contribution in [0.4, 0.5) is 0 Å². The lowest BCUT2D eigenvalue weighted by molar-refractivity contribution is -0.116. The minimum atomic E-state index is 0.00173. The van der Waals surface area contributed by atoms with Gasteiger partial charge in [-0.15, -0.1) is 0 Å². The molecule has 1 atom stereocenters. The van der Waals surface area contributed by atoms with Crippen LogP contribution >= 0.6 is 0 Å². The number of carbonyl (C=O) groups excluding carboxylic acids is 1. The fourth-order valence-corrected chi connectivity index (χ4v) is 1.88. The zero-order chi connectivity index (χ0) is 11.6. The van der Waals surface area contributed by atoms with Crippen LogP contribution in [0.1, 0.15) is 26.2 Å². The summed E-state index contributed by atoms with van der Waals surface area (Å²) in [5, 5.41) is 6.28. The molecule has 0 aromatic carbocycles. The highest BCUT2D eigenvalue weighted by molar-refractivity contribution is 5.87. The van der Waals surface area contributed by atoms with Gasteiger partial charge in [-0.3, -0.25) is 4.79 Å². The molecule has 0 saturated carbocycles. The van der Waals surface area contributed by atoms with Crippen molar-refractivity contribution in [2.75, 3.05) is 19.6 Å². The number of nitrogens with one attached hydrogen (secondary N) is 2. The summed E-state index contributed by atoms with van der Waals surface area (Å²) in [6, 6.07) is 0. The molecule has 3 nitrogen and oxygen atoms in total. The van der Waals surface area contributed by atoms with E-state index < -0.39 is 0 Å². The van der Waals surface area contributed by atoms with Crippen LogP contribution in [0.3, 0.4) is 0 Å². The van der Waals surface area contributed by atoms with E-state index in [4.69, 9.17) is 0 Å². The molecule has 1 rings (SSSR count). The third kappa shape index (κ3) is 5.71. The van der Waals surface area contributed by atoms with Crippen molar-refractivity contribution in [3.8, 4) is 0 Å². The highest BCUT2D eigenvalue weighted by atomic mass is 16.1. The predicted molar refractivity (Wildman–Crippen MR) is 67.2 cm³/mol. The molecule has 0 bridgehead atoms. The first kappa shape index (κ1) is 13.0. The Morgan fingerprint density at radius 2 is 2.38 bits per heavy atom. The Labute approximate surface area is 98.0 Å². The van der Waals surface area contributed by atoms with Crippen LogP contribution in [0, 0.1) is 5.92 Å². The number of amides is 1. The monoisotopic (exact) mass is 222 g/mol. The van der Waals surface area contributed by atoms with Crippen LogP contribution in [0.5, 0.6) is 0 Å². The molecule has 1 unspecified atom stereocenters. The minimum Gasteiger partial charge on any atom is -0.353 e. The van der Waals surface area contributed by atoms with Gasteiger partial charge in [0.15, 0.2) is 0 Å². The Bertz CT molecular complexity index is 253. The quantitative estimate of drug-likeness (QED) is 0.548. The third-order valence-corrected chi connectivity index (χ3v) is 2.80. The second-order valence-electron chi connectivity index (χ2n) is 4.18. The molecule has 0 aliphatic carbocycles. The van der Waals surface area contributed by atoms with Gasteiger partial charge in [0.1, 0.15) is 0 Å². The topological polar surface area (TPSA) is 41.1 Å². The lowest BCUT2D eigenvalue weighted by Gasteiger charge is -2.22. The molecular weight excluding hydrogens is 200 g/mol. The van der Waals surface area contributed by atoms with Crippen LogP contribution < -0.4 is 10.6 Å². The summed E-state index contributed by atoms with van der Waals surface area (Å²) >= 11 is 0. The molecule has 1 amide bonds. The second-order valence-corrected chi connectivity index (χ2v) is 4.18. The second kappa shape index (κ2) is 8.11. The SMILES string of the molecule is CC=CC=CC(=O)NCCC1CCCNC1. The largest absolute Gasteiger partial charge is 0.353 e. The molecule has 1 aliphatic rings. The Hall–Kier alpha value is -1.09. The van der Waals surface area contributed by atoms with Gasteiger partial charge in [-0.05, 0) is 45.2 Å². The molecule has 0 spiro atoms. The van der Waals surface area contributed by atoms with Gasteiger partial charge in [0.05, 0.1) is 0 Å². The predicted octanol–water partition coefficient (Wildman–Crippen LogP) is 1.62. The van der Waals surface area contributed by atoms with Crippen molar-refractivity contribution < 1.29 is 4.79 Å². The highest BCUT2D eigenvalue weighted by Gasteiger charge is 2.12. The molecular formula is C13H22N2O. The van der Waals surface area contributed by atoms with Gasteiger partial charge in [0.2, 0.25) is 5.91 Å². The van der Waals surface area contributed by atoms with E-state index in [1.165, 1.54) is 12.8 Å². The standard InChI is InChI=1S/C13H22N2O/c1-2-3-4-7-13(16)15-10-8-12-6-5-9-14-11-12/h2-4,7,12,14H,5-6,8-11H2,1H3,(H,15,16). The number of rotatable bonds is 5. The van der Waals surface area contributed by atoms with Crippen molar-refractivity contribution in [2.24, 2.45) is 5.92 Å². The maximum absolute atomic E-state index is 11.3. The summed E-state index contributed by atoms with van der Waals surface area (Å²) < 4.78 is 0. The zero-order valence-electron chi connectivity index (χ0n) is 10.0. The maximum Gasteiger partial charge on any atom is 0.243 e. The van der Waals surface area contributed by atoms with E-state index in [-0.39, 0.29) is 5.91 Å². The fourth-order valence-electron chi connectivity index (χ4n) is 1.88. The van der Waals surface area contributed by atoms with Gasteiger partial charge in [-0.25, -0.2) is 0 Å². The van der Waals surface area contributed by atoms with Gasteiger partial charge >= 0.3 is 0 Å². The molecule has 0 aromatic rings. The van der Waals surface area contributed by atoms with Gasteiger partial charge in [-0.1, -0.05) is 18.2 Å². The van der Waals surface area contributed by atoms with E-state index in [1.54, 1.807) is 12.2 Å². The number of piperidine rings is 1. The van der Waals surface area contributed by atoms with Crippen LogP contribution in [-0.4, -0.2) is 25.5 Å². The number of hydrogen-bond donors (Lipinski definition) is 2. The van der Waals surface area contributed by atoms with Crippen molar-refractivity contribution in [1.29, 1.82) is 0 Å². The van der Waals surface area contributed by atoms with E-state index in [1.807, 2.05) is 19.1 Å². The van der Waals surface area contributed by atoms with Gasteiger partial charge in [0, 0.05) is 12.6 Å². The van der Waals surface area contributed by atoms with E-state index in [0.717, 1.165) is 32.0 Å². The average molecular weight is 222 g/mol. The summed E-state index contributed by atoms with van der Waals surface area (Å²) in [6.45, 7) is 4.96. The molecule has 0 radical (unpaired) electrons. The minimum absolute atomic E-state index is 0.00173. The normalized spacial score (nSPS) is 21.7. The van der Waals surface area contributed by atoms with Crippen molar-refractivity contribution in [3.63, 3.8) is 0 Å². The smallest absolute Gasteiger partial charge is 0.243 e. The fraction of sp³-hybridized carbons (Fsp3) is 0.615. The van der Waals surface area contributed by atoms with Crippen LogP contribution in [0.2, 0.25) is 0 Å². The van der Waals surface area contributed by atoms with Gasteiger partial charge in [-0.2, -0.15) is 0 Å². The van der Waals surface area contributed by atoms with Gasteiger partial charge in [0.25, 0.3) is 0 Å². The summed E-state index contributed by atoms with van der Waals surface area (Å²) in [5.41, 5.74) is 0. The van der Waals surface area contributed by atoms with Gasteiger partial charge < -0.3 is 10.6 Å². The molecule has 3 heteroatoms. The maximum atomic E-state index is 11.3. The lowest BCUT2D eigenvalue weighted by Crippen LogP contribution is -2.32. The van der Waals surface area contributed by atoms with E-state index >= 15 is 0 Å². The number of carbonyl (C=O) groups is 1. The molecule has 1 saturated heterocycles. The first-order valence-corrected chi connectivity index (χ1v) is 6.11. The molecule has 2 N–H and O–H groups in total. The average Bonchev–Trinajstić information content (AvgIpc) is 2.31. The molecule has 0 aromatic heterocycles. The lowest BCUT2D eigenvalue weighted by atomic mass is 9.96.